The molecule has 0 atom stereocenters. The van der Waals surface area contributed by atoms with Gasteiger partial charge in [0, 0.05) is 29.6 Å². The average molecular weight is 517 g/mol. The third kappa shape index (κ3) is 7.36. The molecule has 0 fully saturated rings. The van der Waals surface area contributed by atoms with Gasteiger partial charge in [-0.3, -0.25) is 4.79 Å². The van der Waals surface area contributed by atoms with E-state index in [2.05, 4.69) is 29.4 Å². The summed E-state index contributed by atoms with van der Waals surface area (Å²) in [6.07, 6.45) is 2.09. The van der Waals surface area contributed by atoms with E-state index in [0.717, 1.165) is 46.6 Å². The van der Waals surface area contributed by atoms with E-state index < -0.39 is 0 Å². The van der Waals surface area contributed by atoms with E-state index in [1.54, 1.807) is 23.9 Å². The van der Waals surface area contributed by atoms with Crippen molar-refractivity contribution in [3.8, 4) is 22.9 Å². The molecule has 37 heavy (non-hydrogen) atoms. The van der Waals surface area contributed by atoms with Gasteiger partial charge >= 0.3 is 0 Å². The molecule has 0 bridgehead atoms. The van der Waals surface area contributed by atoms with Gasteiger partial charge in [-0.15, -0.1) is 10.2 Å². The second-order valence-corrected chi connectivity index (χ2v) is 9.70. The Hall–Kier alpha value is -3.78. The van der Waals surface area contributed by atoms with Crippen LogP contribution in [0.15, 0.2) is 78.0 Å². The molecule has 192 valence electrons. The van der Waals surface area contributed by atoms with Gasteiger partial charge in [-0.05, 0) is 74.0 Å². The molecule has 4 aromatic rings. The molecule has 7 nitrogen and oxygen atoms in total. The van der Waals surface area contributed by atoms with Crippen LogP contribution in [-0.2, 0) is 7.05 Å². The summed E-state index contributed by atoms with van der Waals surface area (Å²) in [6, 6.07) is 22.8. The van der Waals surface area contributed by atoms with Crippen molar-refractivity contribution in [2.24, 2.45) is 7.05 Å². The summed E-state index contributed by atoms with van der Waals surface area (Å²) in [7, 11) is 1.95. The first-order valence-electron chi connectivity index (χ1n) is 12.4. The minimum absolute atomic E-state index is 0.168. The molecule has 0 radical (unpaired) electrons. The van der Waals surface area contributed by atoms with E-state index in [-0.39, 0.29) is 5.91 Å². The van der Waals surface area contributed by atoms with E-state index in [0.29, 0.717) is 24.5 Å². The van der Waals surface area contributed by atoms with Crippen molar-refractivity contribution in [1.82, 2.24) is 14.8 Å². The molecule has 0 aliphatic rings. The van der Waals surface area contributed by atoms with Crippen LogP contribution < -0.4 is 14.8 Å². The smallest absolute Gasteiger partial charge is 0.255 e. The van der Waals surface area contributed by atoms with Crippen molar-refractivity contribution in [2.75, 3.05) is 24.3 Å². The van der Waals surface area contributed by atoms with Gasteiger partial charge in [0.15, 0.2) is 11.0 Å². The number of anilines is 1. The van der Waals surface area contributed by atoms with Crippen LogP contribution in [0.5, 0.6) is 11.5 Å². The molecular formula is C29H32N4O3S. The van der Waals surface area contributed by atoms with Crippen molar-refractivity contribution in [3.05, 3.63) is 83.9 Å². The van der Waals surface area contributed by atoms with E-state index in [1.165, 1.54) is 5.56 Å². The molecule has 1 heterocycles. The maximum Gasteiger partial charge on any atom is 0.255 e. The minimum Gasteiger partial charge on any atom is -0.494 e. The number of amides is 1. The third-order valence-electron chi connectivity index (χ3n) is 5.72. The number of aryl methyl sites for hydroxylation is 1. The summed E-state index contributed by atoms with van der Waals surface area (Å²) >= 11 is 1.60. The van der Waals surface area contributed by atoms with Gasteiger partial charge in [-0.1, -0.05) is 42.8 Å². The zero-order valence-electron chi connectivity index (χ0n) is 21.4. The zero-order valence-corrected chi connectivity index (χ0v) is 22.3. The number of carbonyl (C=O) groups is 1. The number of hydrogen-bond donors (Lipinski definition) is 1. The fraction of sp³-hybridized carbons (Fsp3) is 0.276. The highest BCUT2D eigenvalue weighted by Crippen LogP contribution is 2.24. The van der Waals surface area contributed by atoms with Crippen molar-refractivity contribution < 1.29 is 14.3 Å². The Morgan fingerprint density at radius 2 is 1.54 bits per heavy atom. The lowest BCUT2D eigenvalue weighted by molar-refractivity contribution is 0.102. The highest BCUT2D eigenvalue weighted by Gasteiger charge is 2.12. The highest BCUT2D eigenvalue weighted by molar-refractivity contribution is 7.99. The van der Waals surface area contributed by atoms with Gasteiger partial charge in [0.25, 0.3) is 5.91 Å². The van der Waals surface area contributed by atoms with Crippen LogP contribution >= 0.6 is 11.8 Å². The summed E-state index contributed by atoms with van der Waals surface area (Å²) < 4.78 is 13.4. The molecule has 0 unspecified atom stereocenters. The Morgan fingerprint density at radius 3 is 2.22 bits per heavy atom. The molecular weight excluding hydrogens is 484 g/mol. The Morgan fingerprint density at radius 1 is 0.892 bits per heavy atom. The number of aromatic nitrogens is 3. The number of nitrogens with one attached hydrogen (secondary N) is 1. The Kier molecular flexibility index (Phi) is 9.21. The Balaban J connectivity index is 1.29. The van der Waals surface area contributed by atoms with Crippen LogP contribution in [0.4, 0.5) is 5.69 Å². The summed E-state index contributed by atoms with van der Waals surface area (Å²) in [5.74, 6) is 2.99. The summed E-state index contributed by atoms with van der Waals surface area (Å²) in [5.41, 5.74) is 3.42. The SMILES string of the molecule is CCCCOc1ccc(C(=O)Nc2ccc(-c3nnc(SCCOc4ccc(C)cc4)n3C)cc2)cc1. The molecule has 0 aliphatic heterocycles. The van der Waals surface area contributed by atoms with Crippen LogP contribution in [0.1, 0.15) is 35.7 Å². The van der Waals surface area contributed by atoms with Gasteiger partial charge < -0.3 is 19.4 Å². The molecule has 0 saturated carbocycles. The molecule has 4 rings (SSSR count). The number of unbranched alkanes of at least 4 members (excludes halogenated alkanes) is 1. The Labute approximate surface area is 222 Å². The minimum atomic E-state index is -0.168. The van der Waals surface area contributed by atoms with E-state index in [1.807, 2.05) is 72.3 Å². The molecule has 0 aliphatic carbocycles. The largest absolute Gasteiger partial charge is 0.494 e. The van der Waals surface area contributed by atoms with Gasteiger partial charge in [-0.25, -0.2) is 0 Å². The molecule has 0 saturated heterocycles. The van der Waals surface area contributed by atoms with Crippen LogP contribution in [0.25, 0.3) is 11.4 Å². The maximum atomic E-state index is 12.6. The van der Waals surface area contributed by atoms with Gasteiger partial charge in [0.2, 0.25) is 0 Å². The maximum absolute atomic E-state index is 12.6. The topological polar surface area (TPSA) is 78.3 Å². The zero-order chi connectivity index (χ0) is 26.0. The van der Waals surface area contributed by atoms with Crippen LogP contribution in [0, 0.1) is 6.92 Å². The Bertz CT molecular complexity index is 1290. The summed E-state index contributed by atoms with van der Waals surface area (Å²) in [4.78, 5) is 12.6. The molecule has 1 N–H and O–H groups in total. The second kappa shape index (κ2) is 13.0. The lowest BCUT2D eigenvalue weighted by Gasteiger charge is -2.09. The first kappa shape index (κ1) is 26.3. The molecule has 8 heteroatoms. The van der Waals surface area contributed by atoms with Crippen LogP contribution in [0.2, 0.25) is 0 Å². The summed E-state index contributed by atoms with van der Waals surface area (Å²) in [5, 5.41) is 12.4. The fourth-order valence-electron chi connectivity index (χ4n) is 3.56. The lowest BCUT2D eigenvalue weighted by atomic mass is 10.1. The predicted molar refractivity (Wildman–Crippen MR) is 149 cm³/mol. The van der Waals surface area contributed by atoms with Gasteiger partial charge in [0.1, 0.15) is 11.5 Å². The van der Waals surface area contributed by atoms with Crippen LogP contribution in [-0.4, -0.2) is 39.6 Å². The van der Waals surface area contributed by atoms with E-state index >= 15 is 0 Å². The third-order valence-corrected chi connectivity index (χ3v) is 6.71. The van der Waals surface area contributed by atoms with Crippen molar-refractivity contribution in [3.63, 3.8) is 0 Å². The number of nitrogens with zero attached hydrogens (tertiary/aromatic N) is 3. The van der Waals surface area contributed by atoms with E-state index in [9.17, 15) is 4.79 Å². The highest BCUT2D eigenvalue weighted by atomic mass is 32.2. The molecule has 0 spiro atoms. The summed E-state index contributed by atoms with van der Waals surface area (Å²) in [6.45, 7) is 5.44. The monoisotopic (exact) mass is 516 g/mol. The normalized spacial score (nSPS) is 10.8. The van der Waals surface area contributed by atoms with E-state index in [4.69, 9.17) is 9.47 Å². The lowest BCUT2D eigenvalue weighted by Crippen LogP contribution is -2.11. The number of rotatable bonds is 12. The second-order valence-electron chi connectivity index (χ2n) is 8.63. The quantitative estimate of drug-likeness (QED) is 0.174. The first-order chi connectivity index (χ1) is 18.0. The number of benzene rings is 3. The number of ether oxygens (including phenoxy) is 2. The molecule has 3 aromatic carbocycles. The van der Waals surface area contributed by atoms with Crippen molar-refractivity contribution >= 4 is 23.4 Å². The number of hydrogen-bond acceptors (Lipinski definition) is 6. The standard InChI is InChI=1S/C29H32N4O3S/c1-4-5-18-35-26-16-10-23(11-17-26)28(34)30-24-12-8-22(9-13-24)27-31-32-29(33(27)3)37-20-19-36-25-14-6-21(2)7-15-25/h6-17H,4-5,18-20H2,1-3H3,(H,30,34). The predicted octanol–water partition coefficient (Wildman–Crippen LogP) is 6.39. The average Bonchev–Trinajstić information content (AvgIpc) is 3.28. The van der Waals surface area contributed by atoms with Crippen molar-refractivity contribution in [2.45, 2.75) is 31.8 Å². The number of thioether (sulfide) groups is 1. The fourth-order valence-corrected chi connectivity index (χ4v) is 4.29. The van der Waals surface area contributed by atoms with Gasteiger partial charge in [-0.2, -0.15) is 0 Å². The van der Waals surface area contributed by atoms with Crippen molar-refractivity contribution in [1.29, 1.82) is 0 Å². The van der Waals surface area contributed by atoms with Gasteiger partial charge in [0.05, 0.1) is 13.2 Å². The molecule has 1 amide bonds. The number of carbonyl (C=O) groups excluding carboxylic acids is 1. The van der Waals surface area contributed by atoms with Crippen LogP contribution in [0.3, 0.4) is 0 Å². The molecule has 1 aromatic heterocycles. The first-order valence-corrected chi connectivity index (χ1v) is 13.4.